The zero-order valence-corrected chi connectivity index (χ0v) is 17.2. The average molecular weight is 388 g/mol. The van der Waals surface area contributed by atoms with Crippen molar-refractivity contribution in [1.82, 2.24) is 9.55 Å². The maximum absolute atomic E-state index is 8.65. The molecule has 2 aromatic heterocycles. The van der Waals surface area contributed by atoms with Crippen LogP contribution >= 0.6 is 0 Å². The molecule has 0 aliphatic carbocycles. The van der Waals surface area contributed by atoms with Crippen LogP contribution in [0.3, 0.4) is 0 Å². The number of fused-ring (bicyclic) bond motifs is 4. The number of pyridine rings is 1. The zero-order valence-electron chi connectivity index (χ0n) is 22.2. The summed E-state index contributed by atoms with van der Waals surface area (Å²) in [7, 11) is 1.96. The van der Waals surface area contributed by atoms with E-state index in [0.717, 1.165) is 44.8 Å². The van der Waals surface area contributed by atoms with Crippen molar-refractivity contribution >= 4 is 10.9 Å². The van der Waals surface area contributed by atoms with E-state index >= 15 is 0 Å². The predicted octanol–water partition coefficient (Wildman–Crippen LogP) is 5.24. The third-order valence-electron chi connectivity index (χ3n) is 5.92. The van der Waals surface area contributed by atoms with Crippen molar-refractivity contribution in [1.29, 1.82) is 0 Å². The summed E-state index contributed by atoms with van der Waals surface area (Å²) in [6, 6.07) is 11.7. The van der Waals surface area contributed by atoms with Gasteiger partial charge in [0.25, 0.3) is 0 Å². The van der Waals surface area contributed by atoms with Gasteiger partial charge in [-0.2, -0.15) is 4.57 Å². The monoisotopic (exact) mass is 387 g/mol. The lowest BCUT2D eigenvalue weighted by molar-refractivity contribution is -0.633. The highest BCUT2D eigenvalue weighted by molar-refractivity contribution is 5.82. The SMILES string of the molecule is [2H]C([2H])([2H])c1c(C)c(-c2ccc3c(C([2H])([2H])C(C)C)cccc3[n+]2C)cc2c1Cc1nccn1-2. The molecule has 0 saturated heterocycles. The number of hydrogen-bond donors (Lipinski definition) is 0. The lowest BCUT2D eigenvalue weighted by Crippen LogP contribution is -2.32. The van der Waals surface area contributed by atoms with Crippen molar-refractivity contribution in [2.45, 2.75) is 40.4 Å². The normalized spacial score (nSPS) is 16.1. The van der Waals surface area contributed by atoms with Gasteiger partial charge in [-0.3, -0.25) is 0 Å². The Labute approximate surface area is 179 Å². The molecule has 0 unspecified atom stereocenters. The molecule has 5 rings (SSSR count). The summed E-state index contributed by atoms with van der Waals surface area (Å²) in [6.45, 7) is 3.42. The van der Waals surface area contributed by atoms with Crippen LogP contribution in [-0.4, -0.2) is 9.55 Å². The minimum Gasteiger partial charge on any atom is -0.303 e. The van der Waals surface area contributed by atoms with E-state index in [-0.39, 0.29) is 5.92 Å². The summed E-state index contributed by atoms with van der Waals surface area (Å²) in [5.74, 6) is 0.675. The number of benzene rings is 2. The molecule has 0 N–H and O–H groups in total. The second-order valence-electron chi connectivity index (χ2n) is 8.13. The standard InChI is InChI=1S/C26H28N3/c1-16(2)13-19-7-6-8-23-20(19)9-10-24(28(23)5)21-14-25-22(18(4)17(21)3)15-26-27-11-12-29(25)26/h6-12,14,16H,13,15H2,1-5H3/q+1/i4D3,13D2. The number of hydrogen-bond acceptors (Lipinski definition) is 1. The minimum absolute atomic E-state index is 0.173. The molecule has 2 aromatic carbocycles. The van der Waals surface area contributed by atoms with Crippen LogP contribution < -0.4 is 4.57 Å². The Morgan fingerprint density at radius 1 is 1.24 bits per heavy atom. The molecular weight excluding hydrogens is 354 g/mol. The van der Waals surface area contributed by atoms with E-state index < -0.39 is 13.2 Å². The second kappa shape index (κ2) is 6.55. The summed E-state index contributed by atoms with van der Waals surface area (Å²) in [6.07, 6.45) is 2.66. The molecule has 0 saturated carbocycles. The van der Waals surface area contributed by atoms with Gasteiger partial charge in [-0.25, -0.2) is 4.98 Å². The van der Waals surface area contributed by atoms with Gasteiger partial charge >= 0.3 is 0 Å². The van der Waals surface area contributed by atoms with Crippen molar-refractivity contribution in [3.63, 3.8) is 0 Å². The smallest absolute Gasteiger partial charge is 0.213 e. The average Bonchev–Trinajstić information content (AvgIpc) is 3.34. The number of aromatic nitrogens is 3. The first kappa shape index (κ1) is 13.3. The van der Waals surface area contributed by atoms with Crippen molar-refractivity contribution in [3.8, 4) is 16.9 Å². The van der Waals surface area contributed by atoms with E-state index in [1.54, 1.807) is 6.20 Å². The van der Waals surface area contributed by atoms with E-state index in [0.29, 0.717) is 17.5 Å². The van der Waals surface area contributed by atoms with Crippen LogP contribution in [0.15, 0.2) is 48.8 Å². The molecule has 0 atom stereocenters. The van der Waals surface area contributed by atoms with Crippen LogP contribution in [0.2, 0.25) is 0 Å². The van der Waals surface area contributed by atoms with Gasteiger partial charge in [-0.05, 0) is 60.5 Å². The van der Waals surface area contributed by atoms with Gasteiger partial charge in [0.1, 0.15) is 12.9 Å². The third kappa shape index (κ3) is 2.71. The maximum atomic E-state index is 8.65. The highest BCUT2D eigenvalue weighted by Gasteiger charge is 2.26. The van der Waals surface area contributed by atoms with E-state index in [2.05, 4.69) is 11.1 Å². The van der Waals surface area contributed by atoms with Crippen LogP contribution in [0.4, 0.5) is 0 Å². The van der Waals surface area contributed by atoms with Crippen LogP contribution in [0.5, 0.6) is 0 Å². The van der Waals surface area contributed by atoms with Crippen molar-refractivity contribution < 1.29 is 11.4 Å². The van der Waals surface area contributed by atoms with Gasteiger partial charge in [0.15, 0.2) is 0 Å². The summed E-state index contributed by atoms with van der Waals surface area (Å²) < 4.78 is 46.1. The number of rotatable bonds is 3. The molecule has 1 aliphatic heterocycles. The quantitative estimate of drug-likeness (QED) is 0.388. The zero-order chi connectivity index (χ0) is 24.6. The summed E-state index contributed by atoms with van der Waals surface area (Å²) in [5, 5.41) is 0.860. The Bertz CT molecular complexity index is 1450. The molecule has 0 bridgehead atoms. The first-order valence-corrected chi connectivity index (χ1v) is 10.0. The van der Waals surface area contributed by atoms with Gasteiger partial charge < -0.3 is 4.57 Å². The van der Waals surface area contributed by atoms with Crippen LogP contribution in [0, 0.1) is 19.7 Å². The lowest BCUT2D eigenvalue weighted by Gasteiger charge is -2.14. The second-order valence-corrected chi connectivity index (χ2v) is 8.13. The molecule has 0 amide bonds. The van der Waals surface area contributed by atoms with Crippen molar-refractivity contribution in [2.75, 3.05) is 0 Å². The molecule has 146 valence electrons. The molecule has 0 fully saturated rings. The number of aryl methyl sites for hydroxylation is 1. The van der Waals surface area contributed by atoms with Gasteiger partial charge in [0.2, 0.25) is 11.2 Å². The lowest BCUT2D eigenvalue weighted by atomic mass is 9.93. The summed E-state index contributed by atoms with van der Waals surface area (Å²) in [5.41, 5.74) is 6.13. The molecular formula is C26H28N3+. The van der Waals surface area contributed by atoms with E-state index in [1.165, 1.54) is 0 Å². The highest BCUT2D eigenvalue weighted by Crippen LogP contribution is 2.36. The Morgan fingerprint density at radius 3 is 2.90 bits per heavy atom. The van der Waals surface area contributed by atoms with Gasteiger partial charge in [-0.1, -0.05) is 26.0 Å². The largest absolute Gasteiger partial charge is 0.303 e. The Morgan fingerprint density at radius 2 is 2.10 bits per heavy atom. The molecule has 3 heteroatoms. The molecule has 0 radical (unpaired) electrons. The van der Waals surface area contributed by atoms with Gasteiger partial charge in [0.05, 0.1) is 11.3 Å². The Balaban J connectivity index is 1.79. The minimum atomic E-state index is -2.25. The first-order chi connectivity index (χ1) is 15.9. The molecule has 3 nitrogen and oxygen atoms in total. The number of nitrogens with zero attached hydrogens (tertiary/aromatic N) is 3. The highest BCUT2D eigenvalue weighted by atomic mass is 15.1. The number of imidazole rings is 1. The molecule has 1 aliphatic rings. The van der Waals surface area contributed by atoms with Gasteiger partial charge in [-0.15, -0.1) is 0 Å². The van der Waals surface area contributed by atoms with E-state index in [4.69, 9.17) is 6.85 Å². The van der Waals surface area contributed by atoms with E-state index in [1.807, 2.05) is 73.5 Å². The summed E-state index contributed by atoms with van der Waals surface area (Å²) in [4.78, 5) is 4.41. The van der Waals surface area contributed by atoms with Crippen LogP contribution in [0.1, 0.15) is 48.8 Å². The third-order valence-corrected chi connectivity index (χ3v) is 5.92. The molecule has 3 heterocycles. The van der Waals surface area contributed by atoms with Crippen molar-refractivity contribution in [3.05, 3.63) is 76.9 Å². The van der Waals surface area contributed by atoms with Crippen LogP contribution in [0.25, 0.3) is 27.8 Å². The fraction of sp³-hybridized carbons (Fsp3) is 0.308. The molecule has 29 heavy (non-hydrogen) atoms. The Hall–Kier alpha value is -2.94. The molecule has 4 aromatic rings. The fourth-order valence-electron chi connectivity index (χ4n) is 4.46. The van der Waals surface area contributed by atoms with Crippen molar-refractivity contribution in [2.24, 2.45) is 13.0 Å². The fourth-order valence-corrected chi connectivity index (χ4v) is 4.46. The maximum Gasteiger partial charge on any atom is 0.213 e. The van der Waals surface area contributed by atoms with Crippen LogP contribution in [-0.2, 0) is 19.8 Å². The Kier molecular flexibility index (Phi) is 3.01. The molecule has 0 spiro atoms. The predicted molar refractivity (Wildman–Crippen MR) is 119 cm³/mol. The van der Waals surface area contributed by atoms with Gasteiger partial charge in [0, 0.05) is 43.2 Å². The van der Waals surface area contributed by atoms with E-state index in [9.17, 15) is 0 Å². The first-order valence-electron chi connectivity index (χ1n) is 12.5. The topological polar surface area (TPSA) is 21.7 Å². The summed E-state index contributed by atoms with van der Waals surface area (Å²) >= 11 is 0.